The number of pyridine rings is 1. The van der Waals surface area contributed by atoms with Crippen molar-refractivity contribution in [3.05, 3.63) is 94.8 Å². The zero-order chi connectivity index (χ0) is 23.7. The summed E-state index contributed by atoms with van der Waals surface area (Å²) in [5, 5.41) is 11.4. The standard InChI is InChI=1S/C28H26N2O4/c1-2-34-23-13-11-22(12-14-23)30-25(21-8-5-15-29-17-21)24(27(32)28(30)33)26(31)20-10-9-18-6-3-4-7-19(18)16-20/h5,8-17,25,31H,2-4,6-7H2,1H3/b26-24-. The second-order valence-electron chi connectivity index (χ2n) is 8.57. The average Bonchev–Trinajstić information content (AvgIpc) is 3.15. The first kappa shape index (κ1) is 21.9. The highest BCUT2D eigenvalue weighted by Crippen LogP contribution is 2.42. The first-order valence-corrected chi connectivity index (χ1v) is 11.6. The van der Waals surface area contributed by atoms with E-state index < -0.39 is 17.7 Å². The molecule has 1 aromatic heterocycles. The number of aliphatic hydroxyl groups is 1. The number of ketones is 1. The second kappa shape index (κ2) is 9.14. The quantitative estimate of drug-likeness (QED) is 0.334. The number of nitrogens with zero attached hydrogens (tertiary/aromatic N) is 2. The Morgan fingerprint density at radius 3 is 2.53 bits per heavy atom. The Labute approximate surface area is 198 Å². The van der Waals surface area contributed by atoms with Gasteiger partial charge in [-0.2, -0.15) is 0 Å². The van der Waals surface area contributed by atoms with E-state index in [-0.39, 0.29) is 11.3 Å². The zero-order valence-corrected chi connectivity index (χ0v) is 19.0. The van der Waals surface area contributed by atoms with Crippen LogP contribution in [0.4, 0.5) is 5.69 Å². The third kappa shape index (κ3) is 3.85. The molecule has 1 fully saturated rings. The molecule has 3 aromatic rings. The molecule has 0 radical (unpaired) electrons. The van der Waals surface area contributed by atoms with E-state index in [0.29, 0.717) is 29.2 Å². The lowest BCUT2D eigenvalue weighted by Crippen LogP contribution is -2.29. The minimum Gasteiger partial charge on any atom is -0.507 e. The fraction of sp³-hybridized carbons (Fsp3) is 0.250. The lowest BCUT2D eigenvalue weighted by molar-refractivity contribution is -0.132. The van der Waals surface area contributed by atoms with Crippen LogP contribution in [0.3, 0.4) is 0 Å². The van der Waals surface area contributed by atoms with Crippen molar-refractivity contribution in [1.82, 2.24) is 4.98 Å². The highest BCUT2D eigenvalue weighted by atomic mass is 16.5. The first-order valence-electron chi connectivity index (χ1n) is 11.6. The van der Waals surface area contributed by atoms with Gasteiger partial charge in [-0.15, -0.1) is 0 Å². The van der Waals surface area contributed by atoms with Gasteiger partial charge in [0, 0.05) is 23.6 Å². The van der Waals surface area contributed by atoms with Gasteiger partial charge in [0.1, 0.15) is 11.5 Å². The Morgan fingerprint density at radius 1 is 1.06 bits per heavy atom. The number of Topliss-reactive ketones (excluding diaryl/α,β-unsaturated/α-hetero) is 1. The molecule has 1 unspecified atom stereocenters. The van der Waals surface area contributed by atoms with Gasteiger partial charge in [-0.25, -0.2) is 0 Å². The van der Waals surface area contributed by atoms with Gasteiger partial charge in [-0.3, -0.25) is 19.5 Å². The molecule has 2 aliphatic rings. The van der Waals surface area contributed by atoms with Crippen molar-refractivity contribution in [3.8, 4) is 5.75 Å². The maximum Gasteiger partial charge on any atom is 0.300 e. The first-order chi connectivity index (χ1) is 16.6. The number of fused-ring (bicyclic) bond motifs is 1. The van der Waals surface area contributed by atoms with Crippen molar-refractivity contribution in [2.45, 2.75) is 38.6 Å². The summed E-state index contributed by atoms with van der Waals surface area (Å²) in [6.45, 7) is 2.43. The van der Waals surface area contributed by atoms with Gasteiger partial charge in [-0.1, -0.05) is 18.2 Å². The van der Waals surface area contributed by atoms with Gasteiger partial charge in [0.15, 0.2) is 0 Å². The van der Waals surface area contributed by atoms with Gasteiger partial charge >= 0.3 is 0 Å². The Kier molecular flexibility index (Phi) is 5.88. The topological polar surface area (TPSA) is 79.7 Å². The van der Waals surface area contributed by atoms with E-state index in [1.807, 2.05) is 31.2 Å². The Hall–Kier alpha value is -3.93. The molecule has 1 aliphatic heterocycles. The van der Waals surface area contributed by atoms with E-state index in [2.05, 4.69) is 4.98 Å². The van der Waals surface area contributed by atoms with Crippen LogP contribution in [0.25, 0.3) is 5.76 Å². The third-order valence-electron chi connectivity index (χ3n) is 6.49. The molecule has 1 amide bonds. The molecule has 6 heteroatoms. The van der Waals surface area contributed by atoms with E-state index in [4.69, 9.17) is 4.74 Å². The van der Waals surface area contributed by atoms with Crippen LogP contribution in [0.2, 0.25) is 0 Å². The second-order valence-corrected chi connectivity index (χ2v) is 8.57. The van der Waals surface area contributed by atoms with Gasteiger partial charge in [0.2, 0.25) is 0 Å². The molecular formula is C28H26N2O4. The van der Waals surface area contributed by atoms with Crippen molar-refractivity contribution < 1.29 is 19.4 Å². The molecule has 1 aliphatic carbocycles. The van der Waals surface area contributed by atoms with Crippen molar-refractivity contribution in [3.63, 3.8) is 0 Å². The van der Waals surface area contributed by atoms with Crippen LogP contribution in [0.15, 0.2) is 72.6 Å². The van der Waals surface area contributed by atoms with Crippen LogP contribution in [0, 0.1) is 0 Å². The number of aryl methyl sites for hydroxylation is 2. The molecule has 1 saturated heterocycles. The normalized spacial score (nSPS) is 19.2. The van der Waals surface area contributed by atoms with Crippen LogP contribution < -0.4 is 9.64 Å². The van der Waals surface area contributed by atoms with Gasteiger partial charge in [0.25, 0.3) is 11.7 Å². The van der Waals surface area contributed by atoms with Crippen LogP contribution in [-0.2, 0) is 22.4 Å². The number of aliphatic hydroxyl groups excluding tert-OH is 1. The van der Waals surface area contributed by atoms with Gasteiger partial charge in [0.05, 0.1) is 18.2 Å². The van der Waals surface area contributed by atoms with E-state index in [0.717, 1.165) is 25.7 Å². The molecular weight excluding hydrogens is 428 g/mol. The average molecular weight is 455 g/mol. The lowest BCUT2D eigenvalue weighted by atomic mass is 9.89. The number of carbonyl (C=O) groups excluding carboxylic acids is 2. The van der Waals surface area contributed by atoms with Crippen LogP contribution in [-0.4, -0.2) is 28.4 Å². The summed E-state index contributed by atoms with van der Waals surface area (Å²) in [5.74, 6) is -0.876. The number of hydrogen-bond acceptors (Lipinski definition) is 5. The van der Waals surface area contributed by atoms with Crippen LogP contribution >= 0.6 is 0 Å². The molecule has 1 N–H and O–H groups in total. The summed E-state index contributed by atoms with van der Waals surface area (Å²) in [5.41, 5.74) is 4.29. The highest BCUT2D eigenvalue weighted by Gasteiger charge is 2.47. The summed E-state index contributed by atoms with van der Waals surface area (Å²) in [6, 6.07) is 15.6. The number of hydrogen-bond donors (Lipinski definition) is 1. The van der Waals surface area contributed by atoms with Crippen LogP contribution in [0.5, 0.6) is 5.75 Å². The fourth-order valence-electron chi connectivity index (χ4n) is 4.86. The molecule has 5 rings (SSSR count). The van der Waals surface area contributed by atoms with Crippen LogP contribution in [0.1, 0.15) is 48.1 Å². The molecule has 1 atom stereocenters. The van der Waals surface area contributed by atoms with Crippen molar-refractivity contribution in [2.75, 3.05) is 11.5 Å². The number of carbonyl (C=O) groups is 2. The SMILES string of the molecule is CCOc1ccc(N2C(=O)C(=O)/C(=C(\O)c3ccc4c(c3)CCCC4)C2c2cccnc2)cc1. The fourth-order valence-corrected chi connectivity index (χ4v) is 4.86. The smallest absolute Gasteiger partial charge is 0.300 e. The lowest BCUT2D eigenvalue weighted by Gasteiger charge is -2.25. The minimum atomic E-state index is -0.789. The monoisotopic (exact) mass is 454 g/mol. The third-order valence-corrected chi connectivity index (χ3v) is 6.49. The molecule has 2 aromatic carbocycles. The highest BCUT2D eigenvalue weighted by molar-refractivity contribution is 6.51. The molecule has 34 heavy (non-hydrogen) atoms. The van der Waals surface area contributed by atoms with Gasteiger partial charge in [-0.05, 0) is 85.7 Å². The predicted octanol–water partition coefficient (Wildman–Crippen LogP) is 4.99. The molecule has 0 spiro atoms. The maximum absolute atomic E-state index is 13.3. The minimum absolute atomic E-state index is 0.0719. The molecule has 6 nitrogen and oxygen atoms in total. The summed E-state index contributed by atoms with van der Waals surface area (Å²) >= 11 is 0. The molecule has 0 bridgehead atoms. The number of aromatic nitrogens is 1. The van der Waals surface area contributed by atoms with E-state index in [9.17, 15) is 14.7 Å². The maximum atomic E-state index is 13.3. The largest absolute Gasteiger partial charge is 0.507 e. The zero-order valence-electron chi connectivity index (χ0n) is 19.0. The van der Waals surface area contributed by atoms with Crippen molar-refractivity contribution in [2.24, 2.45) is 0 Å². The summed E-state index contributed by atoms with van der Waals surface area (Å²) in [7, 11) is 0. The Morgan fingerprint density at radius 2 is 1.82 bits per heavy atom. The Balaban J connectivity index is 1.64. The van der Waals surface area contributed by atoms with Crippen molar-refractivity contribution >= 4 is 23.1 Å². The molecule has 2 heterocycles. The molecule has 0 saturated carbocycles. The number of rotatable bonds is 5. The Bertz CT molecular complexity index is 1270. The van der Waals surface area contributed by atoms with E-state index in [1.165, 1.54) is 16.0 Å². The van der Waals surface area contributed by atoms with E-state index in [1.54, 1.807) is 42.7 Å². The number of benzene rings is 2. The number of anilines is 1. The summed E-state index contributed by atoms with van der Waals surface area (Å²) < 4.78 is 5.52. The molecule has 172 valence electrons. The predicted molar refractivity (Wildman–Crippen MR) is 130 cm³/mol. The number of amides is 1. The van der Waals surface area contributed by atoms with E-state index >= 15 is 0 Å². The number of ether oxygens (including phenoxy) is 1. The summed E-state index contributed by atoms with van der Waals surface area (Å²) in [4.78, 5) is 32.2. The van der Waals surface area contributed by atoms with Gasteiger partial charge < -0.3 is 9.84 Å². The van der Waals surface area contributed by atoms with Crippen molar-refractivity contribution in [1.29, 1.82) is 0 Å². The summed E-state index contributed by atoms with van der Waals surface area (Å²) in [6.07, 6.45) is 7.49.